The minimum Gasteiger partial charge on any atom is -0.390 e. The average Bonchev–Trinajstić information content (AvgIpc) is 2.69. The van der Waals surface area contributed by atoms with Gasteiger partial charge >= 0.3 is 0 Å². The van der Waals surface area contributed by atoms with E-state index in [1.54, 1.807) is 0 Å². The summed E-state index contributed by atoms with van der Waals surface area (Å²) in [5.74, 6) is 0.876. The molecule has 4 aliphatic carbocycles. The summed E-state index contributed by atoms with van der Waals surface area (Å²) in [5.41, 5.74) is 1.65. The van der Waals surface area contributed by atoms with E-state index >= 15 is 0 Å². The fourth-order valence-electron chi connectivity index (χ4n) is 7.73. The predicted molar refractivity (Wildman–Crippen MR) is 110 cm³/mol. The van der Waals surface area contributed by atoms with Crippen molar-refractivity contribution in [3.05, 3.63) is 35.9 Å². The van der Waals surface area contributed by atoms with Crippen LogP contribution in [0, 0.1) is 16.7 Å². The number of hydrogen-bond donors (Lipinski definition) is 3. The smallest absolute Gasteiger partial charge is 0.226 e. The van der Waals surface area contributed by atoms with E-state index in [1.165, 1.54) is 31.2 Å². The number of aliphatic hydroxyl groups excluding tert-OH is 1. The summed E-state index contributed by atoms with van der Waals surface area (Å²) in [6.45, 7) is 3.77. The van der Waals surface area contributed by atoms with Crippen LogP contribution in [0.2, 0.25) is 0 Å². The van der Waals surface area contributed by atoms with Crippen LogP contribution < -0.4 is 10.6 Å². The van der Waals surface area contributed by atoms with E-state index in [4.69, 9.17) is 0 Å². The number of piperidine rings is 1. The molecule has 3 N–H and O–H groups in total. The Balaban J connectivity index is 1.48. The Hall–Kier alpha value is -1.39. The lowest BCUT2D eigenvalue weighted by atomic mass is 9.38. The zero-order valence-corrected chi connectivity index (χ0v) is 17.0. The lowest BCUT2D eigenvalue weighted by Crippen LogP contribution is -2.64. The molecule has 6 rings (SSSR count). The van der Waals surface area contributed by atoms with Crippen molar-refractivity contribution >= 4 is 5.91 Å². The minimum absolute atomic E-state index is 0.105. The molecule has 5 aliphatic rings. The minimum atomic E-state index is -0.477. The van der Waals surface area contributed by atoms with Gasteiger partial charge < -0.3 is 15.7 Å². The SMILES string of the molecule is CC[C@]12CC3CC(C(=O)N[C@@H]4CCNC[C@H]4O)(C1)C[C@@](c1ccccc1)(C3)C2. The number of hydrogen-bond acceptors (Lipinski definition) is 3. The molecule has 28 heavy (non-hydrogen) atoms. The Morgan fingerprint density at radius 2 is 2.00 bits per heavy atom. The molecule has 1 saturated heterocycles. The van der Waals surface area contributed by atoms with Gasteiger partial charge in [0, 0.05) is 6.54 Å². The van der Waals surface area contributed by atoms with Crippen molar-refractivity contribution in [3.63, 3.8) is 0 Å². The molecule has 0 radical (unpaired) electrons. The number of nitrogens with one attached hydrogen (secondary N) is 2. The molecule has 1 amide bonds. The average molecular weight is 383 g/mol. The van der Waals surface area contributed by atoms with Gasteiger partial charge in [-0.05, 0) is 73.8 Å². The second-order valence-electron chi connectivity index (χ2n) is 10.4. The molecule has 4 saturated carbocycles. The van der Waals surface area contributed by atoms with Gasteiger partial charge in [-0.3, -0.25) is 4.79 Å². The van der Waals surface area contributed by atoms with Crippen molar-refractivity contribution in [2.75, 3.05) is 13.1 Å². The summed E-state index contributed by atoms with van der Waals surface area (Å²) in [7, 11) is 0. The molecular formula is C24H34N2O2. The van der Waals surface area contributed by atoms with E-state index in [1.807, 2.05) is 0 Å². The molecule has 5 fully saturated rings. The summed E-state index contributed by atoms with van der Waals surface area (Å²) in [5, 5.41) is 16.9. The highest BCUT2D eigenvalue weighted by Crippen LogP contribution is 2.71. The Labute approximate surface area is 168 Å². The van der Waals surface area contributed by atoms with E-state index < -0.39 is 6.10 Å². The Morgan fingerprint density at radius 1 is 1.18 bits per heavy atom. The van der Waals surface area contributed by atoms with Crippen molar-refractivity contribution < 1.29 is 9.90 Å². The predicted octanol–water partition coefficient (Wildman–Crippen LogP) is 3.14. The first kappa shape index (κ1) is 18.6. The standard InChI is InChI=1S/C24H34N2O2/c1-2-22-10-17-11-23(14-22,18-6-4-3-5-7-18)16-24(12-17,15-22)21(28)26-19-8-9-25-13-20(19)27/h3-7,17,19-20,25,27H,2,8-16H2,1H3,(H,26,28)/t17?,19-,20-,22-,23-,24?/m1/s1. The van der Waals surface area contributed by atoms with Crippen LogP contribution in [-0.4, -0.2) is 36.2 Å². The number of β-amino-alcohol motifs (C(OH)–C–C–N with tert-alkyl or cyclic N) is 1. The van der Waals surface area contributed by atoms with Gasteiger partial charge in [-0.1, -0.05) is 43.7 Å². The van der Waals surface area contributed by atoms with Crippen LogP contribution in [0.15, 0.2) is 30.3 Å². The summed E-state index contributed by atoms with van der Waals surface area (Å²) < 4.78 is 0. The molecular weight excluding hydrogens is 348 g/mol. The van der Waals surface area contributed by atoms with Gasteiger partial charge in [-0.2, -0.15) is 0 Å². The largest absolute Gasteiger partial charge is 0.390 e. The van der Waals surface area contributed by atoms with Crippen molar-refractivity contribution in [2.45, 2.75) is 75.9 Å². The molecule has 0 spiro atoms. The number of carbonyl (C=O) groups is 1. The first-order valence-corrected chi connectivity index (χ1v) is 11.2. The summed E-state index contributed by atoms with van der Waals surface area (Å²) in [6.07, 6.45) is 8.34. The normalized spacial score (nSPS) is 44.4. The van der Waals surface area contributed by atoms with Crippen LogP contribution in [0.5, 0.6) is 0 Å². The zero-order valence-electron chi connectivity index (χ0n) is 17.0. The lowest BCUT2D eigenvalue weighted by Gasteiger charge is -2.66. The molecule has 152 valence electrons. The van der Waals surface area contributed by atoms with Crippen molar-refractivity contribution in [3.8, 4) is 0 Å². The van der Waals surface area contributed by atoms with E-state index in [9.17, 15) is 9.90 Å². The highest BCUT2D eigenvalue weighted by atomic mass is 16.3. The van der Waals surface area contributed by atoms with Gasteiger partial charge in [0.25, 0.3) is 0 Å². The molecule has 0 aromatic heterocycles. The third-order valence-corrected chi connectivity index (χ3v) is 8.57. The molecule has 4 heteroatoms. The highest BCUT2D eigenvalue weighted by molar-refractivity contribution is 5.84. The maximum absolute atomic E-state index is 13.7. The Bertz CT molecular complexity index is 752. The molecule has 4 nitrogen and oxygen atoms in total. The third kappa shape index (κ3) is 2.83. The molecule has 1 aromatic carbocycles. The highest BCUT2D eigenvalue weighted by Gasteiger charge is 2.65. The van der Waals surface area contributed by atoms with Gasteiger partial charge in [0.05, 0.1) is 17.6 Å². The second-order valence-corrected chi connectivity index (χ2v) is 10.4. The Kier molecular flexibility index (Phi) is 4.37. The fraction of sp³-hybridized carbons (Fsp3) is 0.708. The van der Waals surface area contributed by atoms with Crippen LogP contribution in [0.4, 0.5) is 0 Å². The number of amides is 1. The van der Waals surface area contributed by atoms with Gasteiger partial charge in [0.2, 0.25) is 5.91 Å². The number of benzene rings is 1. The van der Waals surface area contributed by atoms with Crippen LogP contribution in [0.3, 0.4) is 0 Å². The lowest BCUT2D eigenvalue weighted by molar-refractivity contribution is -0.164. The number of aliphatic hydroxyl groups is 1. The third-order valence-electron chi connectivity index (χ3n) is 8.57. The van der Waals surface area contributed by atoms with Crippen LogP contribution in [-0.2, 0) is 10.2 Å². The van der Waals surface area contributed by atoms with Gasteiger partial charge in [-0.15, -0.1) is 0 Å². The molecule has 1 aliphatic heterocycles. The van der Waals surface area contributed by atoms with E-state index in [0.717, 1.165) is 32.2 Å². The van der Waals surface area contributed by atoms with E-state index in [0.29, 0.717) is 17.9 Å². The molecule has 6 atom stereocenters. The maximum atomic E-state index is 13.7. The van der Waals surface area contributed by atoms with Crippen molar-refractivity contribution in [2.24, 2.45) is 16.7 Å². The second kappa shape index (κ2) is 6.56. The number of rotatable bonds is 4. The van der Waals surface area contributed by atoms with Crippen LogP contribution >= 0.6 is 0 Å². The first-order chi connectivity index (χ1) is 13.5. The van der Waals surface area contributed by atoms with Crippen molar-refractivity contribution in [1.29, 1.82) is 0 Å². The maximum Gasteiger partial charge on any atom is 0.226 e. The fourth-order valence-corrected chi connectivity index (χ4v) is 7.73. The van der Waals surface area contributed by atoms with E-state index in [-0.39, 0.29) is 22.8 Å². The van der Waals surface area contributed by atoms with Gasteiger partial charge in [0.1, 0.15) is 0 Å². The van der Waals surface area contributed by atoms with Crippen LogP contribution in [0.25, 0.3) is 0 Å². The summed E-state index contributed by atoms with van der Waals surface area (Å²) >= 11 is 0. The molecule has 4 bridgehead atoms. The number of carbonyl (C=O) groups excluding carboxylic acids is 1. The van der Waals surface area contributed by atoms with Crippen LogP contribution in [0.1, 0.15) is 63.9 Å². The zero-order chi connectivity index (χ0) is 19.4. The summed E-state index contributed by atoms with van der Waals surface area (Å²) in [6, 6.07) is 10.9. The first-order valence-electron chi connectivity index (χ1n) is 11.2. The molecule has 1 aromatic rings. The monoisotopic (exact) mass is 382 g/mol. The molecule has 1 heterocycles. The quantitative estimate of drug-likeness (QED) is 0.750. The van der Waals surface area contributed by atoms with E-state index in [2.05, 4.69) is 47.9 Å². The Morgan fingerprint density at radius 3 is 2.75 bits per heavy atom. The van der Waals surface area contributed by atoms with Crippen molar-refractivity contribution in [1.82, 2.24) is 10.6 Å². The topological polar surface area (TPSA) is 61.4 Å². The van der Waals surface area contributed by atoms with Gasteiger partial charge in [-0.25, -0.2) is 0 Å². The molecule has 2 unspecified atom stereocenters. The van der Waals surface area contributed by atoms with Gasteiger partial charge in [0.15, 0.2) is 0 Å². The summed E-state index contributed by atoms with van der Waals surface area (Å²) in [4.78, 5) is 13.7.